The molecule has 2 fully saturated rings. The van der Waals surface area contributed by atoms with Gasteiger partial charge in [-0.05, 0) is 43.5 Å². The fraction of sp³-hybridized carbons (Fsp3) is 0.529. The third-order valence-corrected chi connectivity index (χ3v) is 5.05. The third kappa shape index (κ3) is 5.69. The molecule has 1 aliphatic carbocycles. The van der Waals surface area contributed by atoms with Gasteiger partial charge in [0.1, 0.15) is 0 Å². The van der Waals surface area contributed by atoms with E-state index < -0.39 is 0 Å². The predicted octanol–water partition coefficient (Wildman–Crippen LogP) is 2.24. The first-order valence-corrected chi connectivity index (χ1v) is 9.35. The van der Waals surface area contributed by atoms with Crippen molar-refractivity contribution in [3.63, 3.8) is 0 Å². The van der Waals surface area contributed by atoms with Crippen LogP contribution in [0.2, 0.25) is 0 Å². The lowest BCUT2D eigenvalue weighted by atomic mass is 10.1. The highest BCUT2D eigenvalue weighted by Gasteiger charge is 2.21. The maximum Gasteiger partial charge on any atom is 0.253 e. The van der Waals surface area contributed by atoms with Crippen LogP contribution in [-0.2, 0) is 4.79 Å². The van der Waals surface area contributed by atoms with Crippen LogP contribution in [0.3, 0.4) is 0 Å². The second-order valence-electron chi connectivity index (χ2n) is 6.11. The summed E-state index contributed by atoms with van der Waals surface area (Å²) in [5.74, 6) is 2.73. The molecule has 2 N–H and O–H groups in total. The van der Waals surface area contributed by atoms with Crippen molar-refractivity contribution >= 4 is 41.7 Å². The number of carbonyl (C=O) groups excluding carboxylic acids is 2. The van der Waals surface area contributed by atoms with Crippen molar-refractivity contribution in [1.82, 2.24) is 10.2 Å². The van der Waals surface area contributed by atoms with Gasteiger partial charge in [-0.15, -0.1) is 12.4 Å². The topological polar surface area (TPSA) is 61.4 Å². The number of hydrogen-bond acceptors (Lipinski definition) is 4. The maximum atomic E-state index is 12.5. The van der Waals surface area contributed by atoms with Crippen molar-refractivity contribution in [2.75, 3.05) is 43.0 Å². The molecule has 0 spiro atoms. The van der Waals surface area contributed by atoms with Gasteiger partial charge < -0.3 is 15.5 Å². The van der Waals surface area contributed by atoms with E-state index in [9.17, 15) is 9.59 Å². The number of halogens is 1. The average Bonchev–Trinajstić information content (AvgIpc) is 3.39. The maximum absolute atomic E-state index is 12.5. The number of rotatable bonds is 6. The largest absolute Gasteiger partial charge is 0.337 e. The first kappa shape index (κ1) is 19.1. The molecule has 0 atom stereocenters. The molecule has 1 saturated heterocycles. The highest BCUT2D eigenvalue weighted by molar-refractivity contribution is 7.99. The number of nitrogens with zero attached hydrogens (tertiary/aromatic N) is 1. The summed E-state index contributed by atoms with van der Waals surface area (Å²) in [4.78, 5) is 26.3. The quantitative estimate of drug-likeness (QED) is 0.807. The second-order valence-corrected chi connectivity index (χ2v) is 7.33. The first-order valence-electron chi connectivity index (χ1n) is 8.20. The number of nitrogens with one attached hydrogen (secondary N) is 2. The lowest BCUT2D eigenvalue weighted by Gasteiger charge is -2.26. The molecule has 5 nitrogen and oxygen atoms in total. The second kappa shape index (κ2) is 9.30. The van der Waals surface area contributed by atoms with Gasteiger partial charge in [-0.1, -0.05) is 6.07 Å². The summed E-state index contributed by atoms with van der Waals surface area (Å²) in [5.41, 5.74) is 1.32. The Balaban J connectivity index is 0.00000208. The van der Waals surface area contributed by atoms with E-state index in [-0.39, 0.29) is 24.2 Å². The molecule has 2 amide bonds. The van der Waals surface area contributed by atoms with Crippen LogP contribution in [0.1, 0.15) is 23.2 Å². The molecular formula is C17H24ClN3O2S. The molecule has 1 aromatic carbocycles. The molecule has 2 aliphatic rings. The summed E-state index contributed by atoms with van der Waals surface area (Å²) in [5, 5.41) is 6.02. The molecule has 1 saturated carbocycles. The molecule has 24 heavy (non-hydrogen) atoms. The number of hydrogen-bond donors (Lipinski definition) is 2. The van der Waals surface area contributed by atoms with Gasteiger partial charge in [-0.2, -0.15) is 11.8 Å². The minimum atomic E-state index is -0.0652. The number of anilines is 1. The van der Waals surface area contributed by atoms with Gasteiger partial charge in [0.2, 0.25) is 5.91 Å². The Morgan fingerprint density at radius 1 is 1.21 bits per heavy atom. The van der Waals surface area contributed by atoms with Crippen LogP contribution < -0.4 is 10.6 Å². The zero-order chi connectivity index (χ0) is 16.1. The van der Waals surface area contributed by atoms with Gasteiger partial charge in [0.05, 0.1) is 6.54 Å². The number of amides is 2. The fourth-order valence-corrected chi connectivity index (χ4v) is 3.50. The Labute approximate surface area is 153 Å². The SMILES string of the molecule is Cl.O=C(CNCC1CC1)Nc1cccc(C(=O)N2CCSCC2)c1. The first-order chi connectivity index (χ1) is 11.2. The molecule has 3 rings (SSSR count). The summed E-state index contributed by atoms with van der Waals surface area (Å²) in [6.07, 6.45) is 2.54. The van der Waals surface area contributed by atoms with E-state index in [4.69, 9.17) is 0 Å². The van der Waals surface area contributed by atoms with Crippen LogP contribution in [0.15, 0.2) is 24.3 Å². The van der Waals surface area contributed by atoms with Gasteiger partial charge in [0.15, 0.2) is 0 Å². The molecule has 1 heterocycles. The van der Waals surface area contributed by atoms with Crippen LogP contribution in [-0.4, -0.2) is 54.4 Å². The standard InChI is InChI=1S/C17H23N3O2S.ClH/c21-16(12-18-11-13-4-5-13)19-15-3-1-2-14(10-15)17(22)20-6-8-23-9-7-20;/h1-3,10,13,18H,4-9,11-12H2,(H,19,21);1H. The molecule has 0 radical (unpaired) electrons. The molecular weight excluding hydrogens is 346 g/mol. The smallest absolute Gasteiger partial charge is 0.253 e. The summed E-state index contributed by atoms with van der Waals surface area (Å²) >= 11 is 1.88. The Hall–Kier alpha value is -1.24. The van der Waals surface area contributed by atoms with Crippen LogP contribution >= 0.6 is 24.2 Å². The molecule has 0 aromatic heterocycles. The van der Waals surface area contributed by atoms with Crippen molar-refractivity contribution < 1.29 is 9.59 Å². The van der Waals surface area contributed by atoms with Crippen molar-refractivity contribution in [2.45, 2.75) is 12.8 Å². The van der Waals surface area contributed by atoms with Crippen molar-refractivity contribution in [1.29, 1.82) is 0 Å². The van der Waals surface area contributed by atoms with E-state index in [0.29, 0.717) is 17.8 Å². The van der Waals surface area contributed by atoms with E-state index >= 15 is 0 Å². The van der Waals surface area contributed by atoms with E-state index in [1.807, 2.05) is 34.9 Å². The zero-order valence-corrected chi connectivity index (χ0v) is 15.3. The monoisotopic (exact) mass is 369 g/mol. The highest BCUT2D eigenvalue weighted by atomic mass is 35.5. The van der Waals surface area contributed by atoms with Gasteiger partial charge in [0, 0.05) is 35.8 Å². The molecule has 7 heteroatoms. The fourth-order valence-electron chi connectivity index (χ4n) is 2.60. The summed E-state index contributed by atoms with van der Waals surface area (Å²) in [7, 11) is 0. The zero-order valence-electron chi connectivity index (χ0n) is 13.6. The number of benzene rings is 1. The van der Waals surface area contributed by atoms with Crippen LogP contribution in [0.4, 0.5) is 5.69 Å². The average molecular weight is 370 g/mol. The van der Waals surface area contributed by atoms with E-state index in [0.717, 1.165) is 37.1 Å². The van der Waals surface area contributed by atoms with Crippen LogP contribution in [0, 0.1) is 5.92 Å². The van der Waals surface area contributed by atoms with E-state index in [2.05, 4.69) is 10.6 Å². The van der Waals surface area contributed by atoms with Crippen LogP contribution in [0.25, 0.3) is 0 Å². The minimum Gasteiger partial charge on any atom is -0.337 e. The van der Waals surface area contributed by atoms with Gasteiger partial charge in [-0.3, -0.25) is 9.59 Å². The molecule has 132 valence electrons. The molecule has 0 unspecified atom stereocenters. The van der Waals surface area contributed by atoms with Gasteiger partial charge >= 0.3 is 0 Å². The summed E-state index contributed by atoms with van der Waals surface area (Å²) < 4.78 is 0. The molecule has 1 aromatic rings. The summed E-state index contributed by atoms with van der Waals surface area (Å²) in [6, 6.07) is 7.22. The van der Waals surface area contributed by atoms with Crippen LogP contribution in [0.5, 0.6) is 0 Å². The molecule has 1 aliphatic heterocycles. The van der Waals surface area contributed by atoms with E-state index in [1.54, 1.807) is 6.07 Å². The number of carbonyl (C=O) groups is 2. The van der Waals surface area contributed by atoms with Crippen molar-refractivity contribution in [3.05, 3.63) is 29.8 Å². The van der Waals surface area contributed by atoms with Crippen molar-refractivity contribution in [3.8, 4) is 0 Å². The van der Waals surface area contributed by atoms with Gasteiger partial charge in [0.25, 0.3) is 5.91 Å². The summed E-state index contributed by atoms with van der Waals surface area (Å²) in [6.45, 7) is 2.83. The minimum absolute atomic E-state index is 0. The Kier molecular flexibility index (Phi) is 7.40. The number of thioether (sulfide) groups is 1. The molecule has 0 bridgehead atoms. The van der Waals surface area contributed by atoms with Gasteiger partial charge in [-0.25, -0.2) is 0 Å². The predicted molar refractivity (Wildman–Crippen MR) is 101 cm³/mol. The normalized spacial score (nSPS) is 17.1. The lowest BCUT2D eigenvalue weighted by Crippen LogP contribution is -2.37. The Bertz CT molecular complexity index is 575. The lowest BCUT2D eigenvalue weighted by molar-refractivity contribution is -0.115. The van der Waals surface area contributed by atoms with Crippen molar-refractivity contribution in [2.24, 2.45) is 5.92 Å². The van der Waals surface area contributed by atoms with E-state index in [1.165, 1.54) is 12.8 Å². The third-order valence-electron chi connectivity index (χ3n) is 4.11. The Morgan fingerprint density at radius 3 is 2.67 bits per heavy atom. The Morgan fingerprint density at radius 2 is 1.96 bits per heavy atom. The highest BCUT2D eigenvalue weighted by Crippen LogP contribution is 2.27.